The number of carbonyl (C=O) groups is 1. The second-order valence-electron chi connectivity index (χ2n) is 4.73. The van der Waals surface area contributed by atoms with E-state index in [1.807, 2.05) is 16.7 Å². The topological polar surface area (TPSA) is 83.0 Å². The monoisotopic (exact) mass is 316 g/mol. The van der Waals surface area contributed by atoms with Gasteiger partial charge in [-0.2, -0.15) is 0 Å². The van der Waals surface area contributed by atoms with Gasteiger partial charge in [-0.15, -0.1) is 0 Å². The maximum absolute atomic E-state index is 11.6. The van der Waals surface area contributed by atoms with Gasteiger partial charge < -0.3 is 15.0 Å². The summed E-state index contributed by atoms with van der Waals surface area (Å²) in [4.78, 5) is 19.9. The smallest absolute Gasteiger partial charge is 0.252 e. The van der Waals surface area contributed by atoms with Crippen LogP contribution in [0.2, 0.25) is 5.02 Å². The molecule has 0 saturated heterocycles. The lowest BCUT2D eigenvalue weighted by molar-refractivity contribution is 0.100. The number of primary amides is 1. The van der Waals surface area contributed by atoms with E-state index in [0.717, 1.165) is 5.56 Å². The molecule has 3 aromatic heterocycles. The predicted molar refractivity (Wildman–Crippen MR) is 83.2 cm³/mol. The van der Waals surface area contributed by atoms with Gasteiger partial charge in [0.05, 0.1) is 23.2 Å². The van der Waals surface area contributed by atoms with Crippen molar-refractivity contribution < 1.29 is 9.53 Å². The van der Waals surface area contributed by atoms with E-state index < -0.39 is 5.91 Å². The molecule has 112 valence electrons. The Labute approximate surface area is 131 Å². The molecular weight excluding hydrogens is 304 g/mol. The second-order valence-corrected chi connectivity index (χ2v) is 5.14. The highest BCUT2D eigenvalue weighted by molar-refractivity contribution is 6.35. The Morgan fingerprint density at radius 2 is 2.14 bits per heavy atom. The lowest BCUT2D eigenvalue weighted by Crippen LogP contribution is -2.10. The number of hydrogen-bond donors (Lipinski definition) is 1. The Morgan fingerprint density at radius 1 is 1.36 bits per heavy atom. The lowest BCUT2D eigenvalue weighted by Gasteiger charge is -2.07. The zero-order valence-corrected chi connectivity index (χ0v) is 12.5. The first-order valence-electron chi connectivity index (χ1n) is 6.52. The number of nitrogens with zero attached hydrogens (tertiary/aromatic N) is 3. The molecule has 0 saturated carbocycles. The molecule has 0 atom stereocenters. The highest BCUT2D eigenvalue weighted by atomic mass is 35.5. The van der Waals surface area contributed by atoms with Crippen LogP contribution in [0, 0.1) is 0 Å². The van der Waals surface area contributed by atoms with Crippen molar-refractivity contribution >= 4 is 28.5 Å². The largest absolute Gasteiger partial charge is 0.481 e. The highest BCUT2D eigenvalue weighted by Gasteiger charge is 2.16. The van der Waals surface area contributed by atoms with E-state index in [0.29, 0.717) is 34.0 Å². The summed E-state index contributed by atoms with van der Waals surface area (Å²) >= 11 is 6.26. The van der Waals surface area contributed by atoms with E-state index in [2.05, 4.69) is 9.97 Å². The van der Waals surface area contributed by atoms with Crippen LogP contribution in [0.25, 0.3) is 11.0 Å². The average Bonchev–Trinajstić information content (AvgIpc) is 2.88. The van der Waals surface area contributed by atoms with Gasteiger partial charge in [-0.25, -0.2) is 4.98 Å². The fourth-order valence-electron chi connectivity index (χ4n) is 2.34. The van der Waals surface area contributed by atoms with Crippen LogP contribution in [-0.2, 0) is 6.54 Å². The molecule has 22 heavy (non-hydrogen) atoms. The number of amides is 1. The van der Waals surface area contributed by atoms with Crippen LogP contribution in [0.3, 0.4) is 0 Å². The van der Waals surface area contributed by atoms with Crippen LogP contribution in [0.1, 0.15) is 15.9 Å². The molecular formula is C15H13ClN4O2. The molecule has 0 aromatic carbocycles. The van der Waals surface area contributed by atoms with Crippen LogP contribution in [0.4, 0.5) is 0 Å². The summed E-state index contributed by atoms with van der Waals surface area (Å²) in [5.74, 6) is -0.0147. The van der Waals surface area contributed by atoms with Gasteiger partial charge in [0.2, 0.25) is 5.88 Å². The van der Waals surface area contributed by atoms with Gasteiger partial charge in [-0.05, 0) is 17.7 Å². The summed E-state index contributed by atoms with van der Waals surface area (Å²) in [5.41, 5.74) is 7.90. The van der Waals surface area contributed by atoms with Crippen molar-refractivity contribution in [2.75, 3.05) is 7.11 Å². The van der Waals surface area contributed by atoms with E-state index in [4.69, 9.17) is 22.1 Å². The molecule has 2 N–H and O–H groups in total. The number of fused-ring (bicyclic) bond motifs is 1. The summed E-state index contributed by atoms with van der Waals surface area (Å²) in [5, 5.41) is 0.513. The Balaban J connectivity index is 2.12. The normalized spacial score (nSPS) is 10.8. The maximum Gasteiger partial charge on any atom is 0.252 e. The number of rotatable bonds is 4. The number of pyridine rings is 2. The minimum atomic E-state index is -0.536. The predicted octanol–water partition coefficient (Wildman–Crippen LogP) is 2.24. The van der Waals surface area contributed by atoms with Crippen molar-refractivity contribution in [2.45, 2.75) is 6.54 Å². The third-order valence-corrected chi connectivity index (χ3v) is 3.63. The molecule has 3 rings (SSSR count). The van der Waals surface area contributed by atoms with Crippen molar-refractivity contribution in [3.63, 3.8) is 0 Å². The molecule has 0 aliphatic heterocycles. The van der Waals surface area contributed by atoms with Crippen LogP contribution < -0.4 is 10.5 Å². The molecule has 7 heteroatoms. The quantitative estimate of drug-likeness (QED) is 0.800. The van der Waals surface area contributed by atoms with Crippen molar-refractivity contribution in [1.29, 1.82) is 0 Å². The van der Waals surface area contributed by atoms with Gasteiger partial charge in [-0.3, -0.25) is 9.78 Å². The molecule has 0 radical (unpaired) electrons. The summed E-state index contributed by atoms with van der Waals surface area (Å²) in [6, 6.07) is 5.36. The van der Waals surface area contributed by atoms with Crippen molar-refractivity contribution in [3.8, 4) is 5.88 Å². The van der Waals surface area contributed by atoms with Crippen molar-refractivity contribution in [1.82, 2.24) is 14.5 Å². The van der Waals surface area contributed by atoms with Gasteiger partial charge in [-0.1, -0.05) is 11.6 Å². The van der Waals surface area contributed by atoms with E-state index >= 15 is 0 Å². The summed E-state index contributed by atoms with van der Waals surface area (Å²) in [7, 11) is 1.56. The van der Waals surface area contributed by atoms with E-state index in [-0.39, 0.29) is 0 Å². The molecule has 6 nitrogen and oxygen atoms in total. The number of aromatic nitrogens is 3. The van der Waals surface area contributed by atoms with Crippen LogP contribution in [0.5, 0.6) is 5.88 Å². The summed E-state index contributed by atoms with van der Waals surface area (Å²) in [6.07, 6.45) is 4.88. The number of nitrogens with two attached hydrogens (primary N) is 1. The van der Waals surface area contributed by atoms with Crippen LogP contribution >= 0.6 is 11.6 Å². The minimum Gasteiger partial charge on any atom is -0.481 e. The molecule has 0 spiro atoms. The number of ether oxygens (including phenoxy) is 1. The molecule has 1 amide bonds. The van der Waals surface area contributed by atoms with E-state index in [9.17, 15) is 4.79 Å². The first-order valence-corrected chi connectivity index (χ1v) is 6.90. The van der Waals surface area contributed by atoms with Crippen molar-refractivity contribution in [3.05, 3.63) is 52.9 Å². The zero-order chi connectivity index (χ0) is 15.7. The third-order valence-electron chi connectivity index (χ3n) is 3.33. The molecule has 0 aliphatic rings. The number of halogens is 1. The Morgan fingerprint density at radius 3 is 2.86 bits per heavy atom. The molecule has 3 heterocycles. The Bertz CT molecular complexity index is 860. The minimum absolute atomic E-state index is 0.346. The number of methoxy groups -OCH3 is 1. The summed E-state index contributed by atoms with van der Waals surface area (Å²) < 4.78 is 6.96. The fraction of sp³-hybridized carbons (Fsp3) is 0.133. The number of carbonyl (C=O) groups excluding carboxylic acids is 1. The summed E-state index contributed by atoms with van der Waals surface area (Å²) in [6.45, 7) is 0.494. The van der Waals surface area contributed by atoms with Gasteiger partial charge in [0.1, 0.15) is 5.52 Å². The standard InChI is InChI=1S/C15H13ClN4O2/c1-22-12-6-9(2-4-18-12)7-20-8-10(15(17)21)13-14(20)11(16)3-5-19-13/h2-6,8H,7H2,1H3,(H2,17,21). The zero-order valence-electron chi connectivity index (χ0n) is 11.8. The molecule has 0 bridgehead atoms. The number of hydrogen-bond acceptors (Lipinski definition) is 4. The van der Waals surface area contributed by atoms with Crippen molar-refractivity contribution in [2.24, 2.45) is 5.73 Å². The first kappa shape index (κ1) is 14.3. The molecule has 0 aliphatic carbocycles. The van der Waals surface area contributed by atoms with Gasteiger partial charge in [0, 0.05) is 31.2 Å². The Hall–Kier alpha value is -2.60. The fourth-order valence-corrected chi connectivity index (χ4v) is 2.60. The SMILES string of the molecule is COc1cc(Cn2cc(C(N)=O)c3nccc(Cl)c32)ccn1. The molecule has 0 fully saturated rings. The first-order chi connectivity index (χ1) is 10.6. The molecule has 0 unspecified atom stereocenters. The van der Waals surface area contributed by atoms with Gasteiger partial charge in [0.15, 0.2) is 0 Å². The highest BCUT2D eigenvalue weighted by Crippen LogP contribution is 2.27. The lowest BCUT2D eigenvalue weighted by atomic mass is 10.2. The second kappa shape index (κ2) is 5.65. The maximum atomic E-state index is 11.6. The van der Waals surface area contributed by atoms with E-state index in [1.165, 1.54) is 0 Å². The van der Waals surface area contributed by atoms with E-state index in [1.54, 1.807) is 31.8 Å². The average molecular weight is 317 g/mol. The molecule has 3 aromatic rings. The van der Waals surface area contributed by atoms with Crippen LogP contribution in [0.15, 0.2) is 36.8 Å². The van der Waals surface area contributed by atoms with Crippen LogP contribution in [-0.4, -0.2) is 27.6 Å². The van der Waals surface area contributed by atoms with Gasteiger partial charge in [0.25, 0.3) is 5.91 Å². The third kappa shape index (κ3) is 2.48. The Kier molecular flexibility index (Phi) is 3.68. The van der Waals surface area contributed by atoms with Gasteiger partial charge >= 0.3 is 0 Å².